The summed E-state index contributed by atoms with van der Waals surface area (Å²) < 4.78 is 10.4. The number of carbonyl (C=O) groups excluding carboxylic acids is 1. The average molecular weight is 260 g/mol. The van der Waals surface area contributed by atoms with Gasteiger partial charge < -0.3 is 15.2 Å². The molecule has 100 valence electrons. The maximum absolute atomic E-state index is 11.9. The van der Waals surface area contributed by atoms with Gasteiger partial charge in [0, 0.05) is 0 Å². The van der Waals surface area contributed by atoms with Crippen LogP contribution in [-0.4, -0.2) is 25.2 Å². The molecule has 0 saturated heterocycles. The lowest BCUT2D eigenvalue weighted by Crippen LogP contribution is -2.28. The molecule has 1 rings (SSSR count). The van der Waals surface area contributed by atoms with Crippen LogP contribution in [-0.2, 0) is 14.3 Å². The van der Waals surface area contributed by atoms with Gasteiger partial charge in [-0.3, -0.25) is 0 Å². The van der Waals surface area contributed by atoms with E-state index < -0.39 is 18.1 Å². The van der Waals surface area contributed by atoms with E-state index in [0.717, 1.165) is 0 Å². The summed E-state index contributed by atoms with van der Waals surface area (Å²) in [5, 5.41) is 8.61. The first-order valence-electron chi connectivity index (χ1n) is 5.78. The van der Waals surface area contributed by atoms with Gasteiger partial charge in [-0.1, -0.05) is 43.0 Å². The van der Waals surface area contributed by atoms with Crippen molar-refractivity contribution in [3.63, 3.8) is 0 Å². The van der Waals surface area contributed by atoms with Crippen molar-refractivity contribution in [2.24, 2.45) is 5.73 Å². The summed E-state index contributed by atoms with van der Waals surface area (Å²) in [7, 11) is 0. The van der Waals surface area contributed by atoms with E-state index in [1.807, 2.05) is 12.1 Å². The van der Waals surface area contributed by atoms with E-state index in [0.29, 0.717) is 5.56 Å². The molecule has 0 aromatic heterocycles. The molecule has 0 fully saturated rings. The van der Waals surface area contributed by atoms with Gasteiger partial charge in [0.15, 0.2) is 6.10 Å². The smallest absolute Gasteiger partial charge is 0.340 e. The molecule has 0 aliphatic carbocycles. The molecule has 1 aromatic rings. The van der Waals surface area contributed by atoms with Crippen LogP contribution >= 0.6 is 0 Å². The lowest BCUT2D eigenvalue weighted by Gasteiger charge is -2.17. The Morgan fingerprint density at radius 1 is 1.47 bits per heavy atom. The van der Waals surface area contributed by atoms with E-state index in [1.165, 1.54) is 6.08 Å². The minimum absolute atomic E-state index is 0.0424. The van der Waals surface area contributed by atoms with Gasteiger partial charge >= 0.3 is 5.97 Å². The molecule has 0 radical (unpaired) electrons. The Morgan fingerprint density at radius 2 is 2.16 bits per heavy atom. The van der Waals surface area contributed by atoms with Crippen molar-refractivity contribution in [3.05, 3.63) is 48.6 Å². The highest BCUT2D eigenvalue weighted by atomic mass is 16.6. The van der Waals surface area contributed by atoms with Crippen LogP contribution in [0.4, 0.5) is 0 Å². The fraction of sp³-hybridized carbons (Fsp3) is 0.286. The summed E-state index contributed by atoms with van der Waals surface area (Å²) in [5.41, 5.74) is 6.10. The van der Waals surface area contributed by atoms with Crippen LogP contribution < -0.4 is 5.73 Å². The summed E-state index contributed by atoms with van der Waals surface area (Å²) in [6, 6.07) is 9.96. The normalized spacial score (nSPS) is 13.1. The molecule has 0 amide bonds. The second-order valence-corrected chi connectivity index (χ2v) is 3.78. The largest absolute Gasteiger partial charge is 0.459 e. The Labute approximate surface area is 112 Å². The van der Waals surface area contributed by atoms with Crippen LogP contribution in [0.25, 0.3) is 0 Å². The highest BCUT2D eigenvalue weighted by Gasteiger charge is 2.23. The molecule has 0 bridgehead atoms. The Morgan fingerprint density at radius 3 is 2.74 bits per heavy atom. The highest BCUT2D eigenvalue weighted by molar-refractivity contribution is 5.76. The van der Waals surface area contributed by atoms with E-state index in [4.69, 9.17) is 20.5 Å². The third-order valence-electron chi connectivity index (χ3n) is 2.27. The van der Waals surface area contributed by atoms with Crippen LogP contribution in [0.2, 0.25) is 0 Å². The SMILES string of the molecule is C=CCOC(=O)C(OCC(N)C#N)c1ccccc1. The van der Waals surface area contributed by atoms with Crippen molar-refractivity contribution in [2.75, 3.05) is 13.2 Å². The second kappa shape index (κ2) is 8.03. The van der Waals surface area contributed by atoms with E-state index >= 15 is 0 Å². The Hall–Kier alpha value is -2.16. The van der Waals surface area contributed by atoms with Gasteiger partial charge in [0.1, 0.15) is 12.6 Å². The molecule has 5 nitrogen and oxygen atoms in total. The number of benzene rings is 1. The quantitative estimate of drug-likeness (QED) is 0.590. The first-order chi connectivity index (χ1) is 9.19. The monoisotopic (exact) mass is 260 g/mol. The number of nitrogens with zero attached hydrogens (tertiary/aromatic N) is 1. The molecule has 1 aromatic carbocycles. The summed E-state index contributed by atoms with van der Waals surface area (Å²) >= 11 is 0. The van der Waals surface area contributed by atoms with Crippen molar-refractivity contribution in [1.82, 2.24) is 0 Å². The van der Waals surface area contributed by atoms with Crippen LogP contribution in [0.15, 0.2) is 43.0 Å². The van der Waals surface area contributed by atoms with Gasteiger partial charge in [-0.15, -0.1) is 0 Å². The fourth-order valence-electron chi connectivity index (χ4n) is 1.38. The zero-order valence-electron chi connectivity index (χ0n) is 10.5. The molecule has 2 atom stereocenters. The third-order valence-corrected chi connectivity index (χ3v) is 2.27. The lowest BCUT2D eigenvalue weighted by atomic mass is 10.1. The second-order valence-electron chi connectivity index (χ2n) is 3.78. The van der Waals surface area contributed by atoms with Gasteiger partial charge in [-0.2, -0.15) is 5.26 Å². The maximum atomic E-state index is 11.9. The molecule has 0 heterocycles. The number of ether oxygens (including phenoxy) is 2. The highest BCUT2D eigenvalue weighted by Crippen LogP contribution is 2.19. The molecule has 0 spiro atoms. The van der Waals surface area contributed by atoms with Gasteiger partial charge in [0.05, 0.1) is 12.7 Å². The summed E-state index contributed by atoms with van der Waals surface area (Å²) in [6.45, 7) is 3.54. The number of hydrogen-bond donors (Lipinski definition) is 1. The van der Waals surface area contributed by atoms with Crippen LogP contribution in [0.1, 0.15) is 11.7 Å². The van der Waals surface area contributed by atoms with Crippen LogP contribution in [0.3, 0.4) is 0 Å². The number of hydrogen-bond acceptors (Lipinski definition) is 5. The summed E-state index contributed by atoms with van der Waals surface area (Å²) in [5.74, 6) is -0.531. The van der Waals surface area contributed by atoms with E-state index in [2.05, 4.69) is 6.58 Å². The summed E-state index contributed by atoms with van der Waals surface area (Å²) in [4.78, 5) is 11.9. The maximum Gasteiger partial charge on any atom is 0.340 e. The van der Waals surface area contributed by atoms with E-state index in [9.17, 15) is 4.79 Å². The lowest BCUT2D eigenvalue weighted by molar-refractivity contribution is -0.156. The molecule has 19 heavy (non-hydrogen) atoms. The molecule has 0 aliphatic heterocycles. The van der Waals surface area contributed by atoms with Gasteiger partial charge in [-0.05, 0) is 5.56 Å². The Balaban J connectivity index is 2.76. The minimum atomic E-state index is -0.888. The minimum Gasteiger partial charge on any atom is -0.459 e. The third kappa shape index (κ3) is 4.92. The predicted molar refractivity (Wildman–Crippen MR) is 69.9 cm³/mol. The molecule has 2 N–H and O–H groups in total. The van der Waals surface area contributed by atoms with E-state index in [-0.39, 0.29) is 13.2 Å². The first kappa shape index (κ1) is 14.9. The fourth-order valence-corrected chi connectivity index (χ4v) is 1.38. The molecule has 5 heteroatoms. The standard InChI is InChI=1S/C14H16N2O3/c1-2-8-18-14(17)13(19-10-12(16)9-15)11-6-4-3-5-7-11/h2-7,12-13H,1,8,10,16H2. The average Bonchev–Trinajstić information content (AvgIpc) is 2.46. The molecular weight excluding hydrogens is 244 g/mol. The van der Waals surface area contributed by atoms with Gasteiger partial charge in [0.25, 0.3) is 0 Å². The Bertz CT molecular complexity index is 454. The topological polar surface area (TPSA) is 85.3 Å². The van der Waals surface area contributed by atoms with Crippen LogP contribution in [0.5, 0.6) is 0 Å². The molecular formula is C14H16N2O3. The number of carbonyl (C=O) groups is 1. The number of esters is 1. The number of nitrogens with two attached hydrogens (primary N) is 1. The zero-order valence-corrected chi connectivity index (χ0v) is 10.5. The first-order valence-corrected chi connectivity index (χ1v) is 5.78. The van der Waals surface area contributed by atoms with Gasteiger partial charge in [-0.25, -0.2) is 4.79 Å². The van der Waals surface area contributed by atoms with Crippen molar-refractivity contribution in [1.29, 1.82) is 5.26 Å². The van der Waals surface area contributed by atoms with Crippen molar-refractivity contribution in [3.8, 4) is 6.07 Å². The zero-order chi connectivity index (χ0) is 14.1. The predicted octanol–water partition coefficient (Wildman–Crippen LogP) is 1.32. The summed E-state index contributed by atoms with van der Waals surface area (Å²) in [6.07, 6.45) is 0.585. The molecule has 2 unspecified atom stereocenters. The van der Waals surface area contributed by atoms with Crippen LogP contribution in [0, 0.1) is 11.3 Å². The molecule has 0 saturated carbocycles. The van der Waals surface area contributed by atoms with Gasteiger partial charge in [0.2, 0.25) is 0 Å². The van der Waals surface area contributed by atoms with Crippen molar-refractivity contribution < 1.29 is 14.3 Å². The van der Waals surface area contributed by atoms with E-state index in [1.54, 1.807) is 24.3 Å². The number of rotatable bonds is 7. The van der Waals surface area contributed by atoms with Crippen molar-refractivity contribution in [2.45, 2.75) is 12.1 Å². The number of nitriles is 1. The van der Waals surface area contributed by atoms with Crippen molar-refractivity contribution >= 4 is 5.97 Å². The molecule has 0 aliphatic rings. The Kier molecular flexibility index (Phi) is 6.30.